The molecule has 0 aromatic carbocycles. The van der Waals surface area contributed by atoms with Gasteiger partial charge in [0.05, 0.1) is 6.10 Å². The molecule has 18 heavy (non-hydrogen) atoms. The first-order chi connectivity index (χ1) is 8.53. The van der Waals surface area contributed by atoms with Crippen LogP contribution in [0.4, 0.5) is 11.5 Å². The first-order valence-corrected chi connectivity index (χ1v) is 5.70. The molecule has 1 aromatic rings. The molecule has 98 valence electrons. The second kappa shape index (κ2) is 4.87. The Morgan fingerprint density at radius 1 is 1.78 bits per heavy atom. The highest BCUT2D eigenvalue weighted by Gasteiger charge is 2.39. The number of nitrogens with zero attached hydrogens (tertiary/aromatic N) is 2. The summed E-state index contributed by atoms with van der Waals surface area (Å²) in [7, 11) is 0. The molecule has 2 rings (SSSR count). The Hall–Kier alpha value is -1.73. The van der Waals surface area contributed by atoms with Crippen LogP contribution in [0.1, 0.15) is 13.3 Å². The van der Waals surface area contributed by atoms with Gasteiger partial charge in [-0.3, -0.25) is 0 Å². The molecular weight excluding hydrogens is 238 g/mol. The predicted octanol–water partition coefficient (Wildman–Crippen LogP) is 0.942. The van der Waals surface area contributed by atoms with Crippen molar-refractivity contribution in [1.29, 1.82) is 0 Å². The Labute approximate surface area is 104 Å². The number of ether oxygens (including phenoxy) is 1. The molecule has 0 amide bonds. The average molecular weight is 253 g/mol. The molecule has 0 saturated carbocycles. The number of anilines is 1. The van der Waals surface area contributed by atoms with E-state index in [4.69, 9.17) is 4.74 Å². The van der Waals surface area contributed by atoms with E-state index in [1.807, 2.05) is 0 Å². The van der Waals surface area contributed by atoms with Crippen LogP contribution in [0.5, 0.6) is 0 Å². The van der Waals surface area contributed by atoms with Gasteiger partial charge in [0.25, 0.3) is 0 Å². The quantitative estimate of drug-likeness (QED) is 0.612. The molecule has 0 spiro atoms. The molecule has 0 radical (unpaired) electrons. The van der Waals surface area contributed by atoms with Gasteiger partial charge in [-0.05, 0) is 29.0 Å². The lowest BCUT2D eigenvalue weighted by Gasteiger charge is -2.26. The monoisotopic (exact) mass is 253 g/mol. The van der Waals surface area contributed by atoms with Crippen LogP contribution < -0.4 is 5.32 Å². The SMILES string of the molecule is CC1OCCC1(O)CNc1cccnc1[N+](=O)[O-]. The number of hydrogen-bond donors (Lipinski definition) is 2. The summed E-state index contributed by atoms with van der Waals surface area (Å²) in [6.45, 7) is 2.47. The lowest BCUT2D eigenvalue weighted by molar-refractivity contribution is -0.388. The van der Waals surface area contributed by atoms with Crippen LogP contribution in [-0.2, 0) is 4.74 Å². The largest absolute Gasteiger partial charge is 0.386 e. The van der Waals surface area contributed by atoms with Crippen LogP contribution in [0.25, 0.3) is 0 Å². The fourth-order valence-electron chi connectivity index (χ4n) is 1.93. The molecule has 0 bridgehead atoms. The van der Waals surface area contributed by atoms with Crippen molar-refractivity contribution in [3.63, 3.8) is 0 Å². The summed E-state index contributed by atoms with van der Waals surface area (Å²) < 4.78 is 5.30. The van der Waals surface area contributed by atoms with Gasteiger partial charge >= 0.3 is 5.82 Å². The maximum atomic E-state index is 10.8. The van der Waals surface area contributed by atoms with E-state index in [9.17, 15) is 15.2 Å². The van der Waals surface area contributed by atoms with Crippen molar-refractivity contribution in [3.8, 4) is 0 Å². The molecule has 2 unspecified atom stereocenters. The molecule has 0 aliphatic carbocycles. The van der Waals surface area contributed by atoms with Crippen molar-refractivity contribution in [2.75, 3.05) is 18.5 Å². The van der Waals surface area contributed by atoms with Gasteiger partial charge in [0.15, 0.2) is 0 Å². The van der Waals surface area contributed by atoms with Gasteiger partial charge in [0, 0.05) is 19.6 Å². The molecule has 7 heteroatoms. The Morgan fingerprint density at radius 2 is 2.56 bits per heavy atom. The van der Waals surface area contributed by atoms with Crippen LogP contribution in [0.3, 0.4) is 0 Å². The number of rotatable bonds is 4. The van der Waals surface area contributed by atoms with E-state index >= 15 is 0 Å². The molecule has 2 atom stereocenters. The van der Waals surface area contributed by atoms with Crippen LogP contribution >= 0.6 is 0 Å². The van der Waals surface area contributed by atoms with E-state index in [0.717, 1.165) is 0 Å². The zero-order valence-electron chi connectivity index (χ0n) is 10.00. The van der Waals surface area contributed by atoms with Crippen LogP contribution in [-0.4, -0.2) is 39.9 Å². The Kier molecular flexibility index (Phi) is 3.44. The van der Waals surface area contributed by atoms with Crippen LogP contribution in [0, 0.1) is 10.1 Å². The van der Waals surface area contributed by atoms with Gasteiger partial charge < -0.3 is 25.3 Å². The summed E-state index contributed by atoms with van der Waals surface area (Å²) in [5.74, 6) is -0.243. The maximum Gasteiger partial charge on any atom is 0.386 e. The lowest BCUT2D eigenvalue weighted by atomic mass is 9.96. The lowest BCUT2D eigenvalue weighted by Crippen LogP contribution is -2.43. The number of nitro groups is 1. The fraction of sp³-hybridized carbons (Fsp3) is 0.545. The van der Waals surface area contributed by atoms with Crippen LogP contribution in [0.2, 0.25) is 0 Å². The Morgan fingerprint density at radius 3 is 3.17 bits per heavy atom. The first kappa shape index (κ1) is 12.7. The molecule has 1 aliphatic heterocycles. The second-order valence-corrected chi connectivity index (χ2v) is 4.35. The van der Waals surface area contributed by atoms with Gasteiger partial charge in [-0.25, -0.2) is 0 Å². The van der Waals surface area contributed by atoms with Gasteiger partial charge in [-0.2, -0.15) is 0 Å². The van der Waals surface area contributed by atoms with E-state index in [1.54, 1.807) is 19.1 Å². The van der Waals surface area contributed by atoms with Crippen molar-refractivity contribution in [2.24, 2.45) is 0 Å². The molecule has 1 aromatic heterocycles. The second-order valence-electron chi connectivity index (χ2n) is 4.35. The minimum absolute atomic E-state index is 0.195. The summed E-state index contributed by atoms with van der Waals surface area (Å²) in [6, 6.07) is 3.17. The van der Waals surface area contributed by atoms with Gasteiger partial charge in [-0.1, -0.05) is 0 Å². The Balaban J connectivity index is 2.09. The van der Waals surface area contributed by atoms with E-state index in [-0.39, 0.29) is 18.5 Å². The van der Waals surface area contributed by atoms with Gasteiger partial charge in [0.1, 0.15) is 17.5 Å². The molecule has 1 aliphatic rings. The first-order valence-electron chi connectivity index (χ1n) is 5.70. The number of aliphatic hydroxyl groups is 1. The summed E-state index contributed by atoms with van der Waals surface area (Å²) >= 11 is 0. The smallest absolute Gasteiger partial charge is 0.385 e. The normalized spacial score (nSPS) is 27.1. The highest BCUT2D eigenvalue weighted by atomic mass is 16.6. The van der Waals surface area contributed by atoms with Crippen molar-refractivity contribution < 1.29 is 14.8 Å². The summed E-state index contributed by atoms with van der Waals surface area (Å²) in [5.41, 5.74) is -0.695. The molecule has 1 fully saturated rings. The zero-order chi connectivity index (χ0) is 13.2. The van der Waals surface area contributed by atoms with E-state index < -0.39 is 10.5 Å². The minimum atomic E-state index is -0.996. The summed E-state index contributed by atoms with van der Waals surface area (Å²) in [4.78, 5) is 13.9. The average Bonchev–Trinajstić information content (AvgIpc) is 2.68. The molecular formula is C11H15N3O4. The van der Waals surface area contributed by atoms with E-state index in [1.165, 1.54) is 6.20 Å². The van der Waals surface area contributed by atoms with Crippen molar-refractivity contribution in [1.82, 2.24) is 4.98 Å². The van der Waals surface area contributed by atoms with Crippen LogP contribution in [0.15, 0.2) is 18.3 Å². The third-order valence-corrected chi connectivity index (χ3v) is 3.20. The summed E-state index contributed by atoms with van der Waals surface area (Å²) in [6.07, 6.45) is 1.58. The predicted molar refractivity (Wildman–Crippen MR) is 64.4 cm³/mol. The number of nitrogens with one attached hydrogen (secondary N) is 1. The van der Waals surface area contributed by atoms with E-state index in [0.29, 0.717) is 18.7 Å². The minimum Gasteiger partial charge on any atom is -0.385 e. The number of hydrogen-bond acceptors (Lipinski definition) is 6. The van der Waals surface area contributed by atoms with Crippen molar-refractivity contribution >= 4 is 11.5 Å². The van der Waals surface area contributed by atoms with E-state index in [2.05, 4.69) is 10.3 Å². The zero-order valence-corrected chi connectivity index (χ0v) is 10.00. The fourth-order valence-corrected chi connectivity index (χ4v) is 1.93. The third-order valence-electron chi connectivity index (χ3n) is 3.20. The molecule has 2 heterocycles. The number of aromatic nitrogens is 1. The maximum absolute atomic E-state index is 10.8. The molecule has 1 saturated heterocycles. The highest BCUT2D eigenvalue weighted by molar-refractivity contribution is 5.56. The molecule has 7 nitrogen and oxygen atoms in total. The van der Waals surface area contributed by atoms with Crippen molar-refractivity contribution in [3.05, 3.63) is 28.4 Å². The third kappa shape index (κ3) is 2.41. The van der Waals surface area contributed by atoms with Crippen molar-refractivity contribution in [2.45, 2.75) is 25.0 Å². The summed E-state index contributed by atoms with van der Waals surface area (Å²) in [5, 5.41) is 23.9. The van der Waals surface area contributed by atoms with Gasteiger partial charge in [-0.15, -0.1) is 0 Å². The van der Waals surface area contributed by atoms with Gasteiger partial charge in [0.2, 0.25) is 0 Å². The number of pyridine rings is 1. The standard InChI is InChI=1S/C11H15N3O4/c1-8-11(15,4-6-18-8)7-13-9-3-2-5-12-10(9)14(16)17/h2-3,5,8,13,15H,4,6-7H2,1H3. The molecule has 2 N–H and O–H groups in total. The topological polar surface area (TPSA) is 97.5 Å². The Bertz CT molecular complexity index is 454. The highest BCUT2D eigenvalue weighted by Crippen LogP contribution is 2.27.